The van der Waals surface area contributed by atoms with Crippen LogP contribution in [0.15, 0.2) is 83.3 Å². The van der Waals surface area contributed by atoms with Crippen molar-refractivity contribution >= 4 is 63.7 Å². The van der Waals surface area contributed by atoms with Crippen LogP contribution in [0.4, 0.5) is 5.69 Å². The van der Waals surface area contributed by atoms with Crippen molar-refractivity contribution in [2.45, 2.75) is 112 Å². The maximum absolute atomic E-state index is 14.0. The van der Waals surface area contributed by atoms with Gasteiger partial charge in [0.2, 0.25) is 23.6 Å². The fourth-order valence-corrected chi connectivity index (χ4v) is 12.0. The van der Waals surface area contributed by atoms with Gasteiger partial charge in [0.05, 0.1) is 87.6 Å². The summed E-state index contributed by atoms with van der Waals surface area (Å²) in [6, 6.07) is 20.9. The smallest absolute Gasteiger partial charge is 0.308 e. The molecule has 1 saturated heterocycles. The molecule has 84 heavy (non-hydrogen) atoms. The maximum atomic E-state index is 14.0. The van der Waals surface area contributed by atoms with Gasteiger partial charge in [-0.3, -0.25) is 33.5 Å². The second-order valence-electron chi connectivity index (χ2n) is 21.9. The van der Waals surface area contributed by atoms with E-state index in [0.29, 0.717) is 95.0 Å². The minimum atomic E-state index is -0.861. The van der Waals surface area contributed by atoms with E-state index in [1.807, 2.05) is 124 Å². The molecule has 2 aliphatic heterocycles. The van der Waals surface area contributed by atoms with Crippen LogP contribution in [0.1, 0.15) is 115 Å². The minimum absolute atomic E-state index is 0.0165. The van der Waals surface area contributed by atoms with Gasteiger partial charge in [-0.2, -0.15) is 0 Å². The van der Waals surface area contributed by atoms with Gasteiger partial charge in [0.1, 0.15) is 47.9 Å². The van der Waals surface area contributed by atoms with Gasteiger partial charge in [0.15, 0.2) is 5.82 Å². The molecule has 8 rings (SSSR count). The molecule has 5 heterocycles. The second kappa shape index (κ2) is 29.5. The summed E-state index contributed by atoms with van der Waals surface area (Å²) in [6.07, 6.45) is 2.08. The van der Waals surface area contributed by atoms with Crippen molar-refractivity contribution < 1.29 is 52.4 Å². The number of nitrogens with zero attached hydrogens (tertiary/aromatic N) is 6. The van der Waals surface area contributed by atoms with E-state index in [-0.39, 0.29) is 50.0 Å². The number of thiophene rings is 1. The standard InChI is InChI=1S/C62H77N9O11S2/c1-38-41(4)84-61-54(38)55(66-49(35-53(74)77-9)58-69-68-42(5)71(58)61)45-19-21-47(22-20-45)65-51(72)25-14-43-12-23-48(24-13-43)82-34-33-80-30-29-78-27-28-79-31-32-81-36-52(73)67-57(62(6,7)8)60(76)70-26-10-11-50(70)59(75)64-39(2)44-15-17-46(18-16-44)56-40(3)63-37-83-56/h12-13,15-24,37,39,49-50,57H,10-11,14,25-36H2,1-9H3,(H,64,75)(H,65,72)(H,67,73)/t39-,49-,50-,57?/m0/s1. The Morgan fingerprint density at radius 2 is 1.43 bits per heavy atom. The van der Waals surface area contributed by atoms with Crippen LogP contribution in [0.25, 0.3) is 15.4 Å². The molecule has 4 amide bonds. The Labute approximate surface area is 499 Å². The summed E-state index contributed by atoms with van der Waals surface area (Å²) >= 11 is 3.23. The van der Waals surface area contributed by atoms with Crippen molar-refractivity contribution in [3.8, 4) is 21.2 Å². The van der Waals surface area contributed by atoms with Crippen LogP contribution in [-0.2, 0) is 54.1 Å². The van der Waals surface area contributed by atoms with E-state index in [4.69, 9.17) is 33.4 Å². The first-order valence-corrected chi connectivity index (χ1v) is 30.1. The van der Waals surface area contributed by atoms with Gasteiger partial charge in [-0.15, -0.1) is 32.9 Å². The number of benzene rings is 3. The van der Waals surface area contributed by atoms with Crippen LogP contribution in [-0.4, -0.2) is 145 Å². The number of amides is 4. The van der Waals surface area contributed by atoms with Gasteiger partial charge >= 0.3 is 5.97 Å². The molecule has 0 bridgehead atoms. The number of carbonyl (C=O) groups is 5. The molecule has 448 valence electrons. The zero-order valence-electron chi connectivity index (χ0n) is 49.4. The topological polar surface area (TPSA) is 236 Å². The molecule has 20 nitrogen and oxygen atoms in total. The highest BCUT2D eigenvalue weighted by atomic mass is 32.1. The average molecular weight is 1190 g/mol. The first kappa shape index (κ1) is 62.8. The van der Waals surface area contributed by atoms with Crippen molar-refractivity contribution in [3.63, 3.8) is 0 Å². The summed E-state index contributed by atoms with van der Waals surface area (Å²) in [5, 5.41) is 18.7. The van der Waals surface area contributed by atoms with Crippen LogP contribution in [0.2, 0.25) is 0 Å². The number of likely N-dealkylation sites (tertiary alicyclic amines) is 1. The van der Waals surface area contributed by atoms with Crippen molar-refractivity contribution in [2.24, 2.45) is 10.4 Å². The number of ether oxygens (including phenoxy) is 6. The molecule has 22 heteroatoms. The lowest BCUT2D eigenvalue weighted by Gasteiger charge is -2.35. The van der Waals surface area contributed by atoms with Gasteiger partial charge in [0.25, 0.3) is 0 Å². The Kier molecular flexibility index (Phi) is 22.1. The first-order chi connectivity index (χ1) is 40.4. The monoisotopic (exact) mass is 1190 g/mol. The second-order valence-corrected chi connectivity index (χ2v) is 23.9. The Bertz CT molecular complexity index is 3240. The number of esters is 1. The van der Waals surface area contributed by atoms with Crippen molar-refractivity contribution in [1.82, 2.24) is 35.3 Å². The number of nitrogens with one attached hydrogen (secondary N) is 3. The largest absolute Gasteiger partial charge is 0.491 e. The lowest BCUT2D eigenvalue weighted by molar-refractivity contribution is -0.144. The van der Waals surface area contributed by atoms with Gasteiger partial charge in [-0.05, 0) is 106 Å². The van der Waals surface area contributed by atoms with E-state index in [9.17, 15) is 24.0 Å². The van der Waals surface area contributed by atoms with Crippen molar-refractivity contribution in [2.75, 3.05) is 78.4 Å². The zero-order chi connectivity index (χ0) is 59.9. The van der Waals surface area contributed by atoms with E-state index in [1.54, 1.807) is 27.6 Å². The molecular weight excluding hydrogens is 1110 g/mol. The average Bonchev–Trinajstić information content (AvgIpc) is 1.83. The van der Waals surface area contributed by atoms with Crippen LogP contribution < -0.4 is 20.7 Å². The van der Waals surface area contributed by atoms with Crippen molar-refractivity contribution in [3.05, 3.63) is 128 Å². The highest BCUT2D eigenvalue weighted by Crippen LogP contribution is 2.40. The molecular formula is C62H77N9O11S2. The third-order valence-corrected chi connectivity index (χ3v) is 16.9. The quantitative estimate of drug-likeness (QED) is 0.0308. The van der Waals surface area contributed by atoms with E-state index < -0.39 is 35.4 Å². The Morgan fingerprint density at radius 3 is 2.07 bits per heavy atom. The van der Waals surface area contributed by atoms with E-state index in [1.165, 1.54) is 7.11 Å². The predicted octanol–water partition coefficient (Wildman–Crippen LogP) is 8.56. The van der Waals surface area contributed by atoms with Crippen LogP contribution in [0, 0.1) is 33.1 Å². The minimum Gasteiger partial charge on any atom is -0.491 e. The molecule has 1 fully saturated rings. The fraction of sp³-hybridized carbons (Fsp3) is 0.468. The normalized spacial score (nSPS) is 15.5. The molecule has 3 aromatic heterocycles. The lowest BCUT2D eigenvalue weighted by atomic mass is 9.85. The number of hydrogen-bond acceptors (Lipinski definition) is 17. The SMILES string of the molecule is COC(=O)C[C@@H]1N=C(c2ccc(NC(=O)CCc3ccc(OCCOCCOCCOCCOCC(=O)NC(C(=O)N4CCC[C@H]4C(=O)N[C@@H](C)c4ccc(-c5scnc5C)cc4)C(C)(C)C)cc3)cc2)c2c(sc(C)c2C)-n2c(C)nnc21. The van der Waals surface area contributed by atoms with E-state index in [0.717, 1.165) is 59.5 Å². The number of fused-ring (bicyclic) bond motifs is 3. The molecule has 3 N–H and O–H groups in total. The summed E-state index contributed by atoms with van der Waals surface area (Å²) in [4.78, 5) is 79.5. The number of aliphatic imine (C=N–C) groups is 1. The summed E-state index contributed by atoms with van der Waals surface area (Å²) in [5.74, 6) is 0.544. The highest BCUT2D eigenvalue weighted by molar-refractivity contribution is 7.15. The number of anilines is 1. The fourth-order valence-electron chi connectivity index (χ4n) is 9.97. The summed E-state index contributed by atoms with van der Waals surface area (Å²) < 4.78 is 35.3. The van der Waals surface area contributed by atoms with Gasteiger partial charge in [-0.25, -0.2) is 4.98 Å². The maximum Gasteiger partial charge on any atom is 0.308 e. The number of carbonyl (C=O) groups excluding carboxylic acids is 5. The molecule has 0 spiro atoms. The molecule has 0 saturated carbocycles. The number of hydrogen-bond donors (Lipinski definition) is 3. The number of aryl methyl sites for hydroxylation is 4. The van der Waals surface area contributed by atoms with Crippen molar-refractivity contribution in [1.29, 1.82) is 0 Å². The number of aromatic nitrogens is 4. The van der Waals surface area contributed by atoms with E-state index in [2.05, 4.69) is 45.0 Å². The summed E-state index contributed by atoms with van der Waals surface area (Å²) in [5.41, 5.74) is 9.52. The molecule has 4 atom stereocenters. The number of thiazole rings is 1. The third kappa shape index (κ3) is 16.4. The van der Waals surface area contributed by atoms with Gasteiger partial charge in [0, 0.05) is 34.7 Å². The molecule has 0 radical (unpaired) electrons. The molecule has 1 unspecified atom stereocenters. The summed E-state index contributed by atoms with van der Waals surface area (Å²) in [6.45, 7) is 18.4. The molecule has 6 aromatic rings. The highest BCUT2D eigenvalue weighted by Gasteiger charge is 2.42. The Morgan fingerprint density at radius 1 is 0.774 bits per heavy atom. The van der Waals surface area contributed by atoms with E-state index >= 15 is 0 Å². The van der Waals surface area contributed by atoms with Gasteiger partial charge in [-0.1, -0.05) is 69.3 Å². The van der Waals surface area contributed by atoms with Crippen LogP contribution in [0.5, 0.6) is 5.75 Å². The molecule has 2 aliphatic rings. The van der Waals surface area contributed by atoms with Crippen LogP contribution >= 0.6 is 22.7 Å². The third-order valence-electron chi connectivity index (χ3n) is 14.7. The Balaban J connectivity index is 0.654. The number of methoxy groups -OCH3 is 1. The first-order valence-electron chi connectivity index (χ1n) is 28.4. The van der Waals surface area contributed by atoms with Gasteiger partial charge < -0.3 is 49.3 Å². The lowest BCUT2D eigenvalue weighted by Crippen LogP contribution is -2.58. The predicted molar refractivity (Wildman–Crippen MR) is 322 cm³/mol. The summed E-state index contributed by atoms with van der Waals surface area (Å²) in [7, 11) is 1.36. The molecule has 3 aromatic carbocycles. The number of rotatable bonds is 28. The zero-order valence-corrected chi connectivity index (χ0v) is 51.0. The Hall–Kier alpha value is -7.21. The van der Waals surface area contributed by atoms with Crippen LogP contribution in [0.3, 0.4) is 0 Å². The molecule has 0 aliphatic carbocycles.